The van der Waals surface area contributed by atoms with Gasteiger partial charge in [0.15, 0.2) is 0 Å². The van der Waals surface area contributed by atoms with Gasteiger partial charge in [0.2, 0.25) is 5.91 Å². The fraction of sp³-hybridized carbons (Fsp3) is 0.375. The van der Waals surface area contributed by atoms with Gasteiger partial charge in [-0.3, -0.25) is 4.79 Å². The van der Waals surface area contributed by atoms with Crippen molar-refractivity contribution in [1.29, 1.82) is 0 Å². The van der Waals surface area contributed by atoms with Crippen LogP contribution >= 0.6 is 24.8 Å². The standard InChI is InChI=1S/C16H20N4O.2ClH/c21-16(10-13-4-6-17-7-5-13)19-14-2-1-3-15(11-14)20-9-8-18-12-20;;/h1-3,8-9,11-13,17H,4-7,10H2,(H,19,21);2*1H. The second kappa shape index (κ2) is 9.55. The zero-order valence-corrected chi connectivity index (χ0v) is 14.4. The molecule has 1 aliphatic heterocycles. The first kappa shape index (κ1) is 19.5. The van der Waals surface area contributed by atoms with Crippen LogP contribution in [0.4, 0.5) is 5.69 Å². The molecule has 2 heterocycles. The Morgan fingerprint density at radius 3 is 2.78 bits per heavy atom. The lowest BCUT2D eigenvalue weighted by molar-refractivity contribution is -0.117. The maximum Gasteiger partial charge on any atom is 0.224 e. The molecule has 23 heavy (non-hydrogen) atoms. The molecule has 2 aromatic rings. The van der Waals surface area contributed by atoms with Crippen LogP contribution < -0.4 is 10.6 Å². The summed E-state index contributed by atoms with van der Waals surface area (Å²) in [5.74, 6) is 0.604. The van der Waals surface area contributed by atoms with E-state index in [9.17, 15) is 4.79 Å². The van der Waals surface area contributed by atoms with E-state index in [1.165, 1.54) is 0 Å². The van der Waals surface area contributed by atoms with Crippen LogP contribution in [0.25, 0.3) is 5.69 Å². The van der Waals surface area contributed by atoms with E-state index in [-0.39, 0.29) is 30.7 Å². The molecule has 7 heteroatoms. The lowest BCUT2D eigenvalue weighted by Gasteiger charge is -2.22. The van der Waals surface area contributed by atoms with E-state index in [4.69, 9.17) is 0 Å². The minimum atomic E-state index is 0. The summed E-state index contributed by atoms with van der Waals surface area (Å²) in [5.41, 5.74) is 1.83. The van der Waals surface area contributed by atoms with E-state index in [0.29, 0.717) is 12.3 Å². The molecule has 5 nitrogen and oxygen atoms in total. The van der Waals surface area contributed by atoms with Gasteiger partial charge in [-0.1, -0.05) is 6.07 Å². The SMILES string of the molecule is Cl.Cl.O=C(CC1CCNCC1)Nc1cccc(-n2ccnc2)c1. The molecule has 126 valence electrons. The second-order valence-corrected chi connectivity index (χ2v) is 5.47. The molecule has 0 radical (unpaired) electrons. The quantitative estimate of drug-likeness (QED) is 0.884. The molecule has 2 N–H and O–H groups in total. The van der Waals surface area contributed by atoms with Crippen LogP contribution in [0, 0.1) is 5.92 Å². The molecule has 1 aliphatic rings. The van der Waals surface area contributed by atoms with Crippen molar-refractivity contribution >= 4 is 36.4 Å². The number of nitrogens with one attached hydrogen (secondary N) is 2. The topological polar surface area (TPSA) is 59.0 Å². The zero-order chi connectivity index (χ0) is 14.5. The zero-order valence-electron chi connectivity index (χ0n) is 12.8. The summed E-state index contributed by atoms with van der Waals surface area (Å²) >= 11 is 0. The number of imidazole rings is 1. The molecule has 0 bridgehead atoms. The fourth-order valence-corrected chi connectivity index (χ4v) is 2.72. The Balaban J connectivity index is 0.00000132. The van der Waals surface area contributed by atoms with Gasteiger partial charge in [0.1, 0.15) is 0 Å². The largest absolute Gasteiger partial charge is 0.326 e. The Bertz CT molecular complexity index is 598. The van der Waals surface area contributed by atoms with Crippen molar-refractivity contribution in [3.63, 3.8) is 0 Å². The molecule has 0 aliphatic carbocycles. The third-order valence-electron chi connectivity index (χ3n) is 3.87. The third-order valence-corrected chi connectivity index (χ3v) is 3.87. The highest BCUT2D eigenvalue weighted by atomic mass is 35.5. The van der Waals surface area contributed by atoms with Gasteiger partial charge in [-0.25, -0.2) is 4.98 Å². The van der Waals surface area contributed by atoms with Crippen molar-refractivity contribution < 1.29 is 4.79 Å². The van der Waals surface area contributed by atoms with E-state index in [1.54, 1.807) is 12.5 Å². The average Bonchev–Trinajstić information content (AvgIpc) is 3.02. The number of aromatic nitrogens is 2. The van der Waals surface area contributed by atoms with Crippen molar-refractivity contribution in [1.82, 2.24) is 14.9 Å². The van der Waals surface area contributed by atoms with Gasteiger partial charge in [-0.15, -0.1) is 24.8 Å². The van der Waals surface area contributed by atoms with Crippen LogP contribution in [-0.4, -0.2) is 28.5 Å². The van der Waals surface area contributed by atoms with Gasteiger partial charge < -0.3 is 15.2 Å². The summed E-state index contributed by atoms with van der Waals surface area (Å²) in [6, 6.07) is 7.81. The molecule has 0 unspecified atom stereocenters. The smallest absolute Gasteiger partial charge is 0.224 e. The maximum absolute atomic E-state index is 12.1. The lowest BCUT2D eigenvalue weighted by Crippen LogP contribution is -2.30. The highest BCUT2D eigenvalue weighted by molar-refractivity contribution is 5.91. The molecular weight excluding hydrogens is 335 g/mol. The number of nitrogens with zero attached hydrogens (tertiary/aromatic N) is 2. The monoisotopic (exact) mass is 356 g/mol. The second-order valence-electron chi connectivity index (χ2n) is 5.47. The predicted molar refractivity (Wildman–Crippen MR) is 96.9 cm³/mol. The number of hydrogen-bond donors (Lipinski definition) is 2. The molecule has 0 saturated carbocycles. The average molecular weight is 357 g/mol. The Labute approximate surface area is 148 Å². The summed E-state index contributed by atoms with van der Waals surface area (Å²) in [7, 11) is 0. The molecule has 1 aromatic carbocycles. The molecule has 1 saturated heterocycles. The van der Waals surface area contributed by atoms with Gasteiger partial charge in [0, 0.05) is 30.2 Å². The van der Waals surface area contributed by atoms with E-state index < -0.39 is 0 Å². The van der Waals surface area contributed by atoms with Crippen LogP contribution in [0.2, 0.25) is 0 Å². The number of piperidine rings is 1. The van der Waals surface area contributed by atoms with E-state index in [1.807, 2.05) is 35.0 Å². The van der Waals surface area contributed by atoms with Crippen molar-refractivity contribution in [2.75, 3.05) is 18.4 Å². The van der Waals surface area contributed by atoms with Crippen LogP contribution in [0.5, 0.6) is 0 Å². The first-order chi connectivity index (χ1) is 10.3. The van der Waals surface area contributed by atoms with E-state index >= 15 is 0 Å². The van der Waals surface area contributed by atoms with Gasteiger partial charge in [-0.05, 0) is 50.0 Å². The molecule has 0 atom stereocenters. The van der Waals surface area contributed by atoms with E-state index in [0.717, 1.165) is 37.3 Å². The lowest BCUT2D eigenvalue weighted by atomic mass is 9.94. The molecule has 0 spiro atoms. The number of rotatable bonds is 4. The van der Waals surface area contributed by atoms with Crippen LogP contribution in [0.15, 0.2) is 43.0 Å². The number of benzene rings is 1. The van der Waals surface area contributed by atoms with Crippen LogP contribution in [-0.2, 0) is 4.79 Å². The number of anilines is 1. The molecule has 1 fully saturated rings. The van der Waals surface area contributed by atoms with E-state index in [2.05, 4.69) is 15.6 Å². The van der Waals surface area contributed by atoms with Gasteiger partial charge in [-0.2, -0.15) is 0 Å². The van der Waals surface area contributed by atoms with Gasteiger partial charge in [0.05, 0.1) is 6.33 Å². The normalized spacial score (nSPS) is 14.4. The summed E-state index contributed by atoms with van der Waals surface area (Å²) in [4.78, 5) is 16.2. The van der Waals surface area contributed by atoms with Gasteiger partial charge >= 0.3 is 0 Å². The highest BCUT2D eigenvalue weighted by Gasteiger charge is 2.16. The van der Waals surface area contributed by atoms with Crippen LogP contribution in [0.1, 0.15) is 19.3 Å². The fourth-order valence-electron chi connectivity index (χ4n) is 2.72. The molecule has 3 rings (SSSR count). The Kier molecular flexibility index (Phi) is 8.09. The summed E-state index contributed by atoms with van der Waals surface area (Å²) in [6.07, 6.45) is 8.15. The Morgan fingerprint density at radius 2 is 2.09 bits per heavy atom. The molecule has 1 amide bonds. The molecule has 1 aromatic heterocycles. The van der Waals surface area contributed by atoms with Crippen molar-refractivity contribution in [2.45, 2.75) is 19.3 Å². The molecular formula is C16H22Cl2N4O. The Morgan fingerprint density at radius 1 is 1.30 bits per heavy atom. The van der Waals surface area contributed by atoms with Crippen molar-refractivity contribution in [3.8, 4) is 5.69 Å². The highest BCUT2D eigenvalue weighted by Crippen LogP contribution is 2.18. The first-order valence-electron chi connectivity index (χ1n) is 7.40. The maximum atomic E-state index is 12.1. The summed E-state index contributed by atoms with van der Waals surface area (Å²) < 4.78 is 1.92. The Hall–Kier alpha value is -1.56. The van der Waals surface area contributed by atoms with Crippen molar-refractivity contribution in [3.05, 3.63) is 43.0 Å². The number of halogens is 2. The number of amides is 1. The summed E-state index contributed by atoms with van der Waals surface area (Å²) in [5, 5.41) is 6.32. The third kappa shape index (κ3) is 5.53. The van der Waals surface area contributed by atoms with Gasteiger partial charge in [0.25, 0.3) is 0 Å². The van der Waals surface area contributed by atoms with Crippen LogP contribution in [0.3, 0.4) is 0 Å². The number of hydrogen-bond acceptors (Lipinski definition) is 3. The first-order valence-corrected chi connectivity index (χ1v) is 7.40. The minimum Gasteiger partial charge on any atom is -0.326 e. The predicted octanol–water partition coefficient (Wildman–Crippen LogP) is 3.04. The summed E-state index contributed by atoms with van der Waals surface area (Å²) in [6.45, 7) is 2.04. The number of carbonyl (C=O) groups is 1. The van der Waals surface area contributed by atoms with Crippen molar-refractivity contribution in [2.24, 2.45) is 5.92 Å². The minimum absolute atomic E-state index is 0. The number of carbonyl (C=O) groups excluding carboxylic acids is 1.